The molecule has 0 aliphatic rings. The van der Waals surface area contributed by atoms with Gasteiger partial charge in [-0.05, 0) is 37.1 Å². The topological polar surface area (TPSA) is 41.5 Å². The molecule has 0 aliphatic heterocycles. The maximum absolute atomic E-state index is 9.74. The summed E-state index contributed by atoms with van der Waals surface area (Å²) in [5.41, 5.74) is 1.97. The summed E-state index contributed by atoms with van der Waals surface area (Å²) in [5.74, 6) is 0.748. The number of hydrogen-bond acceptors (Lipinski definition) is 3. The molecule has 3 nitrogen and oxygen atoms in total. The maximum Gasteiger partial charge on any atom is 0.120 e. The molecule has 0 spiro atoms. The number of nitrogens with one attached hydrogen (secondary N) is 1. The molecule has 1 atom stereocenters. The lowest BCUT2D eigenvalue weighted by Crippen LogP contribution is -2.35. The van der Waals surface area contributed by atoms with Crippen LogP contribution in [0.2, 0.25) is 5.02 Å². The fourth-order valence-corrected chi connectivity index (χ4v) is 1.72. The molecule has 0 radical (unpaired) electrons. The predicted molar refractivity (Wildman–Crippen MR) is 75.6 cm³/mol. The van der Waals surface area contributed by atoms with Crippen molar-refractivity contribution in [3.05, 3.63) is 28.3 Å². The van der Waals surface area contributed by atoms with Gasteiger partial charge in [0.25, 0.3) is 0 Å². The van der Waals surface area contributed by atoms with Crippen LogP contribution in [0.5, 0.6) is 5.75 Å². The van der Waals surface area contributed by atoms with E-state index in [0.29, 0.717) is 12.6 Å². The molecule has 1 aromatic rings. The SMILES string of the molecule is Cc1cc(OC[C@@H](O)CNC(C)C)cc(C)c1Cl. The Kier molecular flexibility index (Phi) is 5.93. The summed E-state index contributed by atoms with van der Waals surface area (Å²) in [5, 5.41) is 13.7. The lowest BCUT2D eigenvalue weighted by molar-refractivity contribution is 0.104. The summed E-state index contributed by atoms with van der Waals surface area (Å²) < 4.78 is 5.57. The van der Waals surface area contributed by atoms with Crippen molar-refractivity contribution in [2.45, 2.75) is 39.8 Å². The largest absolute Gasteiger partial charge is 0.491 e. The molecular weight excluding hydrogens is 250 g/mol. The highest BCUT2D eigenvalue weighted by molar-refractivity contribution is 6.32. The van der Waals surface area contributed by atoms with E-state index in [4.69, 9.17) is 16.3 Å². The molecule has 4 heteroatoms. The van der Waals surface area contributed by atoms with Crippen molar-refractivity contribution >= 4 is 11.6 Å². The standard InChI is InChI=1S/C14H22ClNO2/c1-9(2)16-7-12(17)8-18-13-5-10(3)14(15)11(4)6-13/h5-6,9,12,16-17H,7-8H2,1-4H3/t12-/m0/s1. The van der Waals surface area contributed by atoms with Crippen molar-refractivity contribution in [2.75, 3.05) is 13.2 Å². The third-order valence-electron chi connectivity index (χ3n) is 2.61. The third kappa shape index (κ3) is 4.84. The van der Waals surface area contributed by atoms with E-state index >= 15 is 0 Å². The quantitative estimate of drug-likeness (QED) is 0.836. The van der Waals surface area contributed by atoms with Gasteiger partial charge < -0.3 is 15.2 Å². The van der Waals surface area contributed by atoms with Gasteiger partial charge in [0.05, 0.1) is 0 Å². The Morgan fingerprint density at radius 3 is 2.33 bits per heavy atom. The first-order chi connectivity index (χ1) is 8.40. The Hall–Kier alpha value is -0.770. The molecule has 0 bridgehead atoms. The van der Waals surface area contributed by atoms with Crippen molar-refractivity contribution < 1.29 is 9.84 Å². The molecule has 0 aliphatic carbocycles. The second kappa shape index (κ2) is 6.98. The number of aliphatic hydroxyl groups is 1. The van der Waals surface area contributed by atoms with Gasteiger partial charge in [0.1, 0.15) is 18.5 Å². The average molecular weight is 272 g/mol. The molecule has 0 fully saturated rings. The van der Waals surface area contributed by atoms with Crippen LogP contribution in [0.4, 0.5) is 0 Å². The number of rotatable bonds is 6. The van der Waals surface area contributed by atoms with Gasteiger partial charge in [0.15, 0.2) is 0 Å². The zero-order valence-electron chi connectivity index (χ0n) is 11.5. The lowest BCUT2D eigenvalue weighted by Gasteiger charge is -2.16. The molecule has 1 aromatic carbocycles. The van der Waals surface area contributed by atoms with Crippen LogP contribution < -0.4 is 10.1 Å². The second-order valence-electron chi connectivity index (χ2n) is 4.90. The monoisotopic (exact) mass is 271 g/mol. The first kappa shape index (κ1) is 15.3. The van der Waals surface area contributed by atoms with Gasteiger partial charge in [0.2, 0.25) is 0 Å². The maximum atomic E-state index is 9.74. The molecule has 102 valence electrons. The van der Waals surface area contributed by atoms with Crippen LogP contribution in [0, 0.1) is 13.8 Å². The Morgan fingerprint density at radius 1 is 1.28 bits per heavy atom. The van der Waals surface area contributed by atoms with Gasteiger partial charge in [0, 0.05) is 17.6 Å². The second-order valence-corrected chi connectivity index (χ2v) is 5.28. The van der Waals surface area contributed by atoms with E-state index in [2.05, 4.69) is 5.32 Å². The van der Waals surface area contributed by atoms with Crippen molar-refractivity contribution in [1.82, 2.24) is 5.32 Å². The minimum atomic E-state index is -0.510. The Labute approximate surface area is 114 Å². The van der Waals surface area contributed by atoms with Crippen molar-refractivity contribution in [2.24, 2.45) is 0 Å². The van der Waals surface area contributed by atoms with E-state index in [0.717, 1.165) is 21.9 Å². The van der Waals surface area contributed by atoms with E-state index < -0.39 is 6.10 Å². The zero-order valence-corrected chi connectivity index (χ0v) is 12.2. The molecule has 0 saturated carbocycles. The van der Waals surface area contributed by atoms with E-state index in [1.54, 1.807) is 0 Å². The third-order valence-corrected chi connectivity index (χ3v) is 3.21. The molecular formula is C14H22ClNO2. The summed E-state index contributed by atoms with van der Waals surface area (Å²) in [4.78, 5) is 0. The number of hydrogen-bond donors (Lipinski definition) is 2. The molecule has 0 heterocycles. The number of ether oxygens (including phenoxy) is 1. The van der Waals surface area contributed by atoms with Gasteiger partial charge in [-0.2, -0.15) is 0 Å². The van der Waals surface area contributed by atoms with Crippen LogP contribution in [0.15, 0.2) is 12.1 Å². The fourth-order valence-electron chi connectivity index (χ4n) is 1.61. The van der Waals surface area contributed by atoms with Gasteiger partial charge in [-0.25, -0.2) is 0 Å². The van der Waals surface area contributed by atoms with Crippen LogP contribution >= 0.6 is 11.6 Å². The summed E-state index contributed by atoms with van der Waals surface area (Å²) in [6.45, 7) is 8.78. The normalized spacial score (nSPS) is 12.8. The van der Waals surface area contributed by atoms with E-state index in [-0.39, 0.29) is 6.61 Å². The number of benzene rings is 1. The van der Waals surface area contributed by atoms with E-state index in [9.17, 15) is 5.11 Å². The molecule has 0 saturated heterocycles. The van der Waals surface area contributed by atoms with Crippen molar-refractivity contribution in [3.63, 3.8) is 0 Å². The smallest absolute Gasteiger partial charge is 0.120 e. The highest BCUT2D eigenvalue weighted by Crippen LogP contribution is 2.25. The van der Waals surface area contributed by atoms with Crippen molar-refractivity contribution in [1.29, 1.82) is 0 Å². The number of aliphatic hydroxyl groups excluding tert-OH is 1. The van der Waals surface area contributed by atoms with Gasteiger partial charge in [-0.15, -0.1) is 0 Å². The Balaban J connectivity index is 2.48. The van der Waals surface area contributed by atoms with Gasteiger partial charge >= 0.3 is 0 Å². The highest BCUT2D eigenvalue weighted by atomic mass is 35.5. The molecule has 1 rings (SSSR count). The van der Waals surface area contributed by atoms with Gasteiger partial charge in [-0.3, -0.25) is 0 Å². The van der Waals surface area contributed by atoms with Crippen LogP contribution in [0.25, 0.3) is 0 Å². The molecule has 0 unspecified atom stereocenters. The number of halogens is 1. The summed E-state index contributed by atoms with van der Waals surface area (Å²) in [6.07, 6.45) is -0.510. The lowest BCUT2D eigenvalue weighted by atomic mass is 10.1. The van der Waals surface area contributed by atoms with Crippen molar-refractivity contribution in [3.8, 4) is 5.75 Å². The molecule has 18 heavy (non-hydrogen) atoms. The van der Waals surface area contributed by atoms with Crippen LogP contribution in [-0.2, 0) is 0 Å². The van der Waals surface area contributed by atoms with Crippen LogP contribution in [0.3, 0.4) is 0 Å². The summed E-state index contributed by atoms with van der Waals surface area (Å²) >= 11 is 6.08. The molecule has 0 amide bonds. The van der Waals surface area contributed by atoms with E-state index in [1.807, 2.05) is 39.8 Å². The average Bonchev–Trinajstić information content (AvgIpc) is 2.30. The molecule has 0 aromatic heterocycles. The Morgan fingerprint density at radius 2 is 1.83 bits per heavy atom. The number of aryl methyl sites for hydroxylation is 2. The first-order valence-electron chi connectivity index (χ1n) is 6.21. The van der Waals surface area contributed by atoms with Crippen LogP contribution in [0.1, 0.15) is 25.0 Å². The summed E-state index contributed by atoms with van der Waals surface area (Å²) in [7, 11) is 0. The van der Waals surface area contributed by atoms with E-state index in [1.165, 1.54) is 0 Å². The Bertz CT molecular complexity index is 370. The first-order valence-corrected chi connectivity index (χ1v) is 6.59. The van der Waals surface area contributed by atoms with Crippen LogP contribution in [-0.4, -0.2) is 30.4 Å². The minimum absolute atomic E-state index is 0.278. The van der Waals surface area contributed by atoms with Gasteiger partial charge in [-0.1, -0.05) is 25.4 Å². The predicted octanol–water partition coefficient (Wildman–Crippen LogP) is 2.69. The zero-order chi connectivity index (χ0) is 13.7. The minimum Gasteiger partial charge on any atom is -0.491 e. The molecule has 2 N–H and O–H groups in total. The highest BCUT2D eigenvalue weighted by Gasteiger charge is 2.08. The summed E-state index contributed by atoms with van der Waals surface area (Å²) in [6, 6.07) is 4.13. The fraction of sp³-hybridized carbons (Fsp3) is 0.571.